The van der Waals surface area contributed by atoms with Gasteiger partial charge in [-0.15, -0.1) is 0 Å². The molecule has 0 bridgehead atoms. The largest absolute Gasteiger partial charge is 0.396 e. The van der Waals surface area contributed by atoms with Crippen molar-refractivity contribution >= 4 is 0 Å². The lowest BCUT2D eigenvalue weighted by Gasteiger charge is -2.29. The van der Waals surface area contributed by atoms with Crippen molar-refractivity contribution in [2.45, 2.75) is 58.0 Å². The third-order valence-corrected chi connectivity index (χ3v) is 3.25. The van der Waals surface area contributed by atoms with E-state index in [2.05, 4.69) is 19.2 Å². The van der Waals surface area contributed by atoms with Crippen molar-refractivity contribution in [1.82, 2.24) is 5.32 Å². The molecule has 2 heteroatoms. The van der Waals surface area contributed by atoms with Gasteiger partial charge in [0, 0.05) is 18.7 Å². The summed E-state index contributed by atoms with van der Waals surface area (Å²) in [6, 6.07) is 1.16. The first kappa shape index (κ1) is 11.0. The quantitative estimate of drug-likeness (QED) is 0.701. The van der Waals surface area contributed by atoms with Gasteiger partial charge >= 0.3 is 0 Å². The highest BCUT2D eigenvalue weighted by Gasteiger charge is 2.18. The molecule has 0 aromatic rings. The second-order valence-electron chi connectivity index (χ2n) is 4.45. The highest BCUT2D eigenvalue weighted by Crippen LogP contribution is 2.18. The predicted octanol–water partition coefficient (Wildman–Crippen LogP) is 1.93. The zero-order valence-electron chi connectivity index (χ0n) is 8.92. The zero-order chi connectivity index (χ0) is 9.68. The van der Waals surface area contributed by atoms with E-state index in [-0.39, 0.29) is 0 Å². The van der Waals surface area contributed by atoms with Gasteiger partial charge in [-0.05, 0) is 25.7 Å². The molecule has 78 valence electrons. The van der Waals surface area contributed by atoms with Crippen molar-refractivity contribution in [3.63, 3.8) is 0 Å². The Kier molecular flexibility index (Phi) is 4.74. The summed E-state index contributed by atoms with van der Waals surface area (Å²) in [6.07, 6.45) is 6.79. The smallest absolute Gasteiger partial charge is 0.0471 e. The number of nitrogens with one attached hydrogen (secondary N) is 1. The lowest BCUT2D eigenvalue weighted by molar-refractivity contribution is 0.194. The fraction of sp³-hybridized carbons (Fsp3) is 1.00. The molecule has 0 aromatic heterocycles. The molecule has 13 heavy (non-hydrogen) atoms. The fourth-order valence-corrected chi connectivity index (χ4v) is 1.96. The maximum absolute atomic E-state index is 8.99. The number of rotatable bonds is 4. The Balaban J connectivity index is 2.21. The van der Waals surface area contributed by atoms with E-state index in [1.807, 2.05) is 0 Å². The molecule has 2 nitrogen and oxygen atoms in total. The highest BCUT2D eigenvalue weighted by molar-refractivity contribution is 4.77. The Bertz CT molecular complexity index is 132. The van der Waals surface area contributed by atoms with Gasteiger partial charge in [0.25, 0.3) is 0 Å². The van der Waals surface area contributed by atoms with E-state index >= 15 is 0 Å². The maximum atomic E-state index is 8.99. The number of aliphatic hydroxyl groups excluding tert-OH is 1. The van der Waals surface area contributed by atoms with Gasteiger partial charge in [0.05, 0.1) is 0 Å². The van der Waals surface area contributed by atoms with E-state index in [0.717, 1.165) is 0 Å². The molecular formula is C11H23NO. The minimum Gasteiger partial charge on any atom is -0.396 e. The molecule has 1 aliphatic rings. The summed E-state index contributed by atoms with van der Waals surface area (Å²) in [5.41, 5.74) is 0. The first-order valence-corrected chi connectivity index (χ1v) is 5.61. The van der Waals surface area contributed by atoms with Gasteiger partial charge in [-0.3, -0.25) is 0 Å². The van der Waals surface area contributed by atoms with Gasteiger partial charge in [0.2, 0.25) is 0 Å². The number of aliphatic hydroxyl groups is 1. The van der Waals surface area contributed by atoms with Crippen LogP contribution in [0.5, 0.6) is 0 Å². The molecule has 0 heterocycles. The van der Waals surface area contributed by atoms with Crippen LogP contribution in [-0.4, -0.2) is 23.8 Å². The molecule has 0 aliphatic heterocycles. The molecule has 0 saturated heterocycles. The first-order valence-electron chi connectivity index (χ1n) is 5.61. The normalized spacial score (nSPS) is 24.2. The Morgan fingerprint density at radius 1 is 1.23 bits per heavy atom. The van der Waals surface area contributed by atoms with Crippen molar-refractivity contribution in [3.05, 3.63) is 0 Å². The minimum atomic E-state index is 0.293. The SMILES string of the molecule is CC(CO)C(C)NC1CCCCC1. The fourth-order valence-electron chi connectivity index (χ4n) is 1.96. The Hall–Kier alpha value is -0.0800. The van der Waals surface area contributed by atoms with Crippen LogP contribution in [0.2, 0.25) is 0 Å². The molecule has 2 atom stereocenters. The molecule has 1 aliphatic carbocycles. The molecule has 1 saturated carbocycles. The van der Waals surface area contributed by atoms with Crippen LogP contribution in [0, 0.1) is 5.92 Å². The van der Waals surface area contributed by atoms with Gasteiger partial charge in [0.1, 0.15) is 0 Å². The Labute approximate surface area is 81.7 Å². The third-order valence-electron chi connectivity index (χ3n) is 3.25. The summed E-state index contributed by atoms with van der Waals surface area (Å²) in [6.45, 7) is 4.57. The van der Waals surface area contributed by atoms with E-state index in [1.165, 1.54) is 32.1 Å². The molecule has 2 unspecified atom stereocenters. The van der Waals surface area contributed by atoms with Crippen molar-refractivity contribution in [2.75, 3.05) is 6.61 Å². The van der Waals surface area contributed by atoms with Crippen LogP contribution in [0.3, 0.4) is 0 Å². The topological polar surface area (TPSA) is 32.3 Å². The summed E-state index contributed by atoms with van der Waals surface area (Å²) in [7, 11) is 0. The average molecular weight is 185 g/mol. The van der Waals surface area contributed by atoms with Gasteiger partial charge in [-0.2, -0.15) is 0 Å². The standard InChI is InChI=1S/C11H23NO/c1-9(8-13)10(2)12-11-6-4-3-5-7-11/h9-13H,3-8H2,1-2H3. The summed E-state index contributed by atoms with van der Waals surface area (Å²) < 4.78 is 0. The third kappa shape index (κ3) is 3.65. The van der Waals surface area contributed by atoms with Crippen molar-refractivity contribution in [2.24, 2.45) is 5.92 Å². The molecule has 2 N–H and O–H groups in total. The van der Waals surface area contributed by atoms with E-state index in [9.17, 15) is 0 Å². The van der Waals surface area contributed by atoms with Crippen LogP contribution in [0.15, 0.2) is 0 Å². The second kappa shape index (κ2) is 5.61. The molecule has 0 aromatic carbocycles. The van der Waals surface area contributed by atoms with Crippen LogP contribution in [0.1, 0.15) is 46.0 Å². The molecule has 1 fully saturated rings. The van der Waals surface area contributed by atoms with Gasteiger partial charge in [0.15, 0.2) is 0 Å². The van der Waals surface area contributed by atoms with Crippen LogP contribution in [-0.2, 0) is 0 Å². The molecule has 0 spiro atoms. The van der Waals surface area contributed by atoms with Gasteiger partial charge < -0.3 is 10.4 Å². The molecule has 1 rings (SSSR count). The number of hydrogen-bond acceptors (Lipinski definition) is 2. The Morgan fingerprint density at radius 2 is 1.85 bits per heavy atom. The highest BCUT2D eigenvalue weighted by atomic mass is 16.3. The van der Waals surface area contributed by atoms with Crippen molar-refractivity contribution < 1.29 is 5.11 Å². The lowest BCUT2D eigenvalue weighted by Crippen LogP contribution is -2.42. The summed E-state index contributed by atoms with van der Waals surface area (Å²) >= 11 is 0. The van der Waals surface area contributed by atoms with Crippen LogP contribution in [0.4, 0.5) is 0 Å². The molecule has 0 amide bonds. The van der Waals surface area contributed by atoms with Crippen LogP contribution >= 0.6 is 0 Å². The molecular weight excluding hydrogens is 162 g/mol. The average Bonchev–Trinajstić information content (AvgIpc) is 2.18. The minimum absolute atomic E-state index is 0.293. The lowest BCUT2D eigenvalue weighted by atomic mass is 9.93. The van der Waals surface area contributed by atoms with E-state index < -0.39 is 0 Å². The summed E-state index contributed by atoms with van der Waals surface area (Å²) in [5.74, 6) is 0.377. The van der Waals surface area contributed by atoms with Crippen molar-refractivity contribution in [3.8, 4) is 0 Å². The van der Waals surface area contributed by atoms with Gasteiger partial charge in [-0.1, -0.05) is 26.2 Å². The monoisotopic (exact) mass is 185 g/mol. The second-order valence-corrected chi connectivity index (χ2v) is 4.45. The Morgan fingerprint density at radius 3 is 2.38 bits per heavy atom. The predicted molar refractivity (Wildman–Crippen MR) is 55.7 cm³/mol. The van der Waals surface area contributed by atoms with Crippen LogP contribution in [0.25, 0.3) is 0 Å². The zero-order valence-corrected chi connectivity index (χ0v) is 8.92. The maximum Gasteiger partial charge on any atom is 0.0471 e. The number of hydrogen-bond donors (Lipinski definition) is 2. The van der Waals surface area contributed by atoms with E-state index in [4.69, 9.17) is 5.11 Å². The van der Waals surface area contributed by atoms with E-state index in [0.29, 0.717) is 24.6 Å². The molecule has 0 radical (unpaired) electrons. The summed E-state index contributed by atoms with van der Waals surface area (Å²) in [5, 5.41) is 12.6. The van der Waals surface area contributed by atoms with Crippen LogP contribution < -0.4 is 5.32 Å². The van der Waals surface area contributed by atoms with Gasteiger partial charge in [-0.25, -0.2) is 0 Å². The van der Waals surface area contributed by atoms with E-state index in [1.54, 1.807) is 0 Å². The van der Waals surface area contributed by atoms with Crippen molar-refractivity contribution in [1.29, 1.82) is 0 Å². The summed E-state index contributed by atoms with van der Waals surface area (Å²) in [4.78, 5) is 0. The first-order chi connectivity index (χ1) is 6.24.